The predicted octanol–water partition coefficient (Wildman–Crippen LogP) is 10.4. The van der Waals surface area contributed by atoms with Gasteiger partial charge in [-0.3, -0.25) is 0 Å². The number of nitrogens with zero attached hydrogens (tertiary/aromatic N) is 9. The molecule has 12 nitrogen and oxygen atoms in total. The minimum atomic E-state index is 0.00810. The third-order valence-electron chi connectivity index (χ3n) is 10.1. The van der Waals surface area contributed by atoms with E-state index in [2.05, 4.69) is 0 Å². The van der Waals surface area contributed by atoms with Gasteiger partial charge in [0.25, 0.3) is 0 Å². The lowest BCUT2D eigenvalue weighted by Crippen LogP contribution is -2.04. The van der Waals surface area contributed by atoms with E-state index < -0.39 is 0 Å². The number of para-hydroxylation sites is 3. The number of phenolic OH excluding ortho intramolecular Hbond substituents is 3. The molecule has 7 aromatic carbocycles. The number of aromatic hydroxyl groups is 3. The van der Waals surface area contributed by atoms with Crippen molar-refractivity contribution < 1.29 is 15.3 Å². The molecule has 3 heterocycles. The Morgan fingerprint density at radius 3 is 0.667 bits per heavy atom. The molecule has 0 spiro atoms. The van der Waals surface area contributed by atoms with Crippen LogP contribution in [0.4, 0.5) is 0 Å². The Morgan fingerprint density at radius 1 is 0.206 bits per heavy atom. The SMILES string of the molecule is Oc1ccccc1-c1nc(-c2ccccc2)nc(-c2cc(-c3nc(-c4ccccc4)nc(-c4ccccc4O)n3)cc(-c3nc(-c4ccccc4)nc(-c4ccccc4O)n3)c2)n1. The van der Waals surface area contributed by atoms with E-state index >= 15 is 0 Å². The van der Waals surface area contributed by atoms with Crippen LogP contribution >= 0.6 is 0 Å². The van der Waals surface area contributed by atoms with Crippen LogP contribution in [0.3, 0.4) is 0 Å². The Bertz CT molecular complexity index is 2920. The van der Waals surface area contributed by atoms with Gasteiger partial charge in [-0.2, -0.15) is 0 Å². The number of hydrogen-bond acceptors (Lipinski definition) is 12. The second-order valence-electron chi connectivity index (χ2n) is 14.4. The average molecular weight is 820 g/mol. The standard InChI is InChI=1S/C51H33N9O3/c61-40-25-13-10-22-37(40)49-55-43(31-16-4-1-5-17-31)52-46(58-49)34-28-35(47-53-44(32-18-6-2-7-19-32)56-50(59-47)38-23-11-14-26-41(38)62)30-36(29-34)48-54-45(33-20-8-3-9-21-33)57-51(60-48)39-24-12-15-27-42(39)63/h1-30,61-63H. The third-order valence-corrected chi connectivity index (χ3v) is 10.1. The topological polar surface area (TPSA) is 177 Å². The van der Waals surface area contributed by atoms with E-state index in [-0.39, 0.29) is 52.2 Å². The van der Waals surface area contributed by atoms with E-state index in [1.165, 1.54) is 0 Å². The molecule has 0 bridgehead atoms. The van der Waals surface area contributed by atoms with Crippen LogP contribution in [0, 0.1) is 0 Å². The van der Waals surface area contributed by atoms with Gasteiger partial charge < -0.3 is 15.3 Å². The van der Waals surface area contributed by atoms with Gasteiger partial charge in [0.15, 0.2) is 52.4 Å². The largest absolute Gasteiger partial charge is 0.507 e. The molecule has 0 aliphatic heterocycles. The summed E-state index contributed by atoms with van der Waals surface area (Å²) in [6, 6.07) is 54.8. The van der Waals surface area contributed by atoms with Crippen molar-refractivity contribution in [3.05, 3.63) is 182 Å². The molecule has 63 heavy (non-hydrogen) atoms. The van der Waals surface area contributed by atoms with Gasteiger partial charge in [-0.05, 0) is 54.6 Å². The molecule has 300 valence electrons. The molecule has 10 rings (SSSR count). The lowest BCUT2D eigenvalue weighted by Gasteiger charge is -2.14. The fourth-order valence-corrected chi connectivity index (χ4v) is 7.03. The Labute approximate surface area is 360 Å². The first-order chi connectivity index (χ1) is 30.9. The van der Waals surface area contributed by atoms with Crippen molar-refractivity contribution in [2.45, 2.75) is 0 Å². The molecule has 0 radical (unpaired) electrons. The minimum Gasteiger partial charge on any atom is -0.507 e. The molecule has 0 aliphatic rings. The smallest absolute Gasteiger partial charge is 0.167 e. The van der Waals surface area contributed by atoms with Gasteiger partial charge in [0, 0.05) is 33.4 Å². The molecule has 0 aliphatic carbocycles. The highest BCUT2D eigenvalue weighted by molar-refractivity contribution is 5.80. The Balaban J connectivity index is 1.26. The van der Waals surface area contributed by atoms with Crippen LogP contribution in [-0.4, -0.2) is 60.2 Å². The fraction of sp³-hybridized carbons (Fsp3) is 0. The van der Waals surface area contributed by atoms with E-state index in [9.17, 15) is 15.3 Å². The Morgan fingerprint density at radius 2 is 0.413 bits per heavy atom. The van der Waals surface area contributed by atoms with Crippen LogP contribution in [0.1, 0.15) is 0 Å². The molecule has 0 amide bonds. The highest BCUT2D eigenvalue weighted by Crippen LogP contribution is 2.37. The molecular formula is C51H33N9O3. The van der Waals surface area contributed by atoms with Crippen LogP contribution in [0.5, 0.6) is 17.2 Å². The van der Waals surface area contributed by atoms with Crippen LogP contribution < -0.4 is 0 Å². The van der Waals surface area contributed by atoms with E-state index in [1.54, 1.807) is 72.8 Å². The molecule has 0 unspecified atom stereocenters. The number of hydrogen-bond donors (Lipinski definition) is 3. The summed E-state index contributed by atoms with van der Waals surface area (Å²) in [5.41, 5.74) is 5.05. The molecule has 0 saturated carbocycles. The molecule has 3 aromatic heterocycles. The summed E-state index contributed by atoms with van der Waals surface area (Å²) >= 11 is 0. The van der Waals surface area contributed by atoms with Crippen LogP contribution in [0.15, 0.2) is 182 Å². The minimum absolute atomic E-state index is 0.00810. The fourth-order valence-electron chi connectivity index (χ4n) is 7.03. The summed E-state index contributed by atoms with van der Waals surface area (Å²) in [5.74, 6) is 2.77. The van der Waals surface area contributed by atoms with Crippen molar-refractivity contribution >= 4 is 0 Å². The first kappa shape index (κ1) is 38.2. The van der Waals surface area contributed by atoms with Crippen LogP contribution in [-0.2, 0) is 0 Å². The number of aromatic nitrogens is 9. The molecule has 0 saturated heterocycles. The normalized spacial score (nSPS) is 11.0. The van der Waals surface area contributed by atoms with Gasteiger partial charge in [-0.25, -0.2) is 44.9 Å². The predicted molar refractivity (Wildman–Crippen MR) is 241 cm³/mol. The number of benzene rings is 7. The lowest BCUT2D eigenvalue weighted by atomic mass is 10.0. The summed E-state index contributed by atoms with van der Waals surface area (Å²) < 4.78 is 0. The first-order valence-electron chi connectivity index (χ1n) is 19.9. The second-order valence-corrected chi connectivity index (χ2v) is 14.4. The van der Waals surface area contributed by atoms with Crippen molar-refractivity contribution in [3.63, 3.8) is 0 Å². The van der Waals surface area contributed by atoms with E-state index in [0.717, 1.165) is 16.7 Å². The van der Waals surface area contributed by atoms with Crippen LogP contribution in [0.25, 0.3) is 102 Å². The maximum atomic E-state index is 11.0. The van der Waals surface area contributed by atoms with Gasteiger partial charge in [0.2, 0.25) is 0 Å². The maximum Gasteiger partial charge on any atom is 0.167 e. The lowest BCUT2D eigenvalue weighted by molar-refractivity contribution is 0.476. The zero-order valence-corrected chi connectivity index (χ0v) is 33.2. The van der Waals surface area contributed by atoms with Crippen molar-refractivity contribution in [2.75, 3.05) is 0 Å². The van der Waals surface area contributed by atoms with Gasteiger partial charge >= 0.3 is 0 Å². The third kappa shape index (κ3) is 7.90. The average Bonchev–Trinajstić information content (AvgIpc) is 3.34. The van der Waals surface area contributed by atoms with Gasteiger partial charge in [-0.15, -0.1) is 0 Å². The molecule has 0 fully saturated rings. The van der Waals surface area contributed by atoms with Crippen molar-refractivity contribution in [1.29, 1.82) is 0 Å². The maximum absolute atomic E-state index is 11.0. The molecule has 10 aromatic rings. The monoisotopic (exact) mass is 819 g/mol. The van der Waals surface area contributed by atoms with E-state index in [4.69, 9.17) is 44.9 Å². The van der Waals surface area contributed by atoms with E-state index in [0.29, 0.717) is 50.9 Å². The Kier molecular flexibility index (Phi) is 10.0. The zero-order chi connectivity index (χ0) is 42.7. The molecule has 0 atom stereocenters. The second kappa shape index (κ2) is 16.6. The van der Waals surface area contributed by atoms with Gasteiger partial charge in [0.1, 0.15) is 17.2 Å². The summed E-state index contributed by atoms with van der Waals surface area (Å²) in [4.78, 5) is 44.4. The summed E-state index contributed by atoms with van der Waals surface area (Å²) in [5, 5.41) is 33.0. The van der Waals surface area contributed by atoms with Crippen molar-refractivity contribution in [2.24, 2.45) is 0 Å². The van der Waals surface area contributed by atoms with Gasteiger partial charge in [0.05, 0.1) is 16.7 Å². The summed E-state index contributed by atoms with van der Waals surface area (Å²) in [7, 11) is 0. The quantitative estimate of drug-likeness (QED) is 0.126. The first-order valence-corrected chi connectivity index (χ1v) is 19.9. The number of rotatable bonds is 9. The van der Waals surface area contributed by atoms with Gasteiger partial charge in [-0.1, -0.05) is 127 Å². The van der Waals surface area contributed by atoms with Crippen LogP contribution in [0.2, 0.25) is 0 Å². The molecule has 12 heteroatoms. The van der Waals surface area contributed by atoms with E-state index in [1.807, 2.05) is 109 Å². The highest BCUT2D eigenvalue weighted by atomic mass is 16.3. The summed E-state index contributed by atoms with van der Waals surface area (Å²) in [6.07, 6.45) is 0. The molecule has 3 N–H and O–H groups in total. The summed E-state index contributed by atoms with van der Waals surface area (Å²) in [6.45, 7) is 0. The van der Waals surface area contributed by atoms with Crippen molar-refractivity contribution in [1.82, 2.24) is 44.9 Å². The zero-order valence-electron chi connectivity index (χ0n) is 33.2. The number of phenols is 3. The Hall–Kier alpha value is -9.03. The van der Waals surface area contributed by atoms with Crippen molar-refractivity contribution in [3.8, 4) is 120 Å². The molecular weight excluding hydrogens is 787 g/mol. The highest BCUT2D eigenvalue weighted by Gasteiger charge is 2.21.